The van der Waals surface area contributed by atoms with Crippen LogP contribution in [0.15, 0.2) is 57.9 Å². The Bertz CT molecular complexity index is 1400. The van der Waals surface area contributed by atoms with Gasteiger partial charge in [-0.2, -0.15) is 0 Å². The zero-order valence-corrected chi connectivity index (χ0v) is 24.3. The second kappa shape index (κ2) is 11.6. The quantitative estimate of drug-likeness (QED) is 0.190. The van der Waals surface area contributed by atoms with Gasteiger partial charge in [0.2, 0.25) is 0 Å². The molecule has 3 aromatic carbocycles. The van der Waals surface area contributed by atoms with E-state index >= 15 is 0 Å². The summed E-state index contributed by atoms with van der Waals surface area (Å²) in [4.78, 5) is 15.1. The van der Waals surface area contributed by atoms with Gasteiger partial charge >= 0.3 is 0 Å². The second-order valence-corrected chi connectivity index (χ2v) is 11.2. The molecule has 0 N–H and O–H groups in total. The van der Waals surface area contributed by atoms with Crippen molar-refractivity contribution in [2.24, 2.45) is 0 Å². The van der Waals surface area contributed by atoms with Crippen molar-refractivity contribution in [1.29, 1.82) is 0 Å². The van der Waals surface area contributed by atoms with E-state index in [1.54, 1.807) is 55.7 Å². The van der Waals surface area contributed by atoms with Crippen molar-refractivity contribution >= 4 is 96.7 Å². The van der Waals surface area contributed by atoms with E-state index in [0.29, 0.717) is 51.7 Å². The van der Waals surface area contributed by atoms with Crippen molar-refractivity contribution in [3.05, 3.63) is 84.1 Å². The van der Waals surface area contributed by atoms with Gasteiger partial charge in [0.1, 0.15) is 12.4 Å². The Hall–Kier alpha value is -1.94. The smallest absolute Gasteiger partial charge is 0.270 e. The minimum absolute atomic E-state index is 0.216. The summed E-state index contributed by atoms with van der Waals surface area (Å²) < 4.78 is 17.8. The van der Waals surface area contributed by atoms with Crippen molar-refractivity contribution in [2.75, 3.05) is 19.1 Å². The Kier molecular flexibility index (Phi) is 8.75. The maximum atomic E-state index is 13.2. The zero-order chi connectivity index (χ0) is 26.0. The Morgan fingerprint density at radius 1 is 1.00 bits per heavy atom. The van der Waals surface area contributed by atoms with Gasteiger partial charge in [0.05, 0.1) is 34.3 Å². The summed E-state index contributed by atoms with van der Waals surface area (Å²) in [6.45, 7) is 0.216. The van der Waals surface area contributed by atoms with E-state index < -0.39 is 0 Å². The molecule has 5 nitrogen and oxygen atoms in total. The van der Waals surface area contributed by atoms with E-state index in [2.05, 4.69) is 15.9 Å². The number of benzene rings is 3. The lowest BCUT2D eigenvalue weighted by atomic mass is 10.1. The third-order valence-corrected chi connectivity index (χ3v) is 7.90. The highest BCUT2D eigenvalue weighted by Crippen LogP contribution is 2.41. The maximum Gasteiger partial charge on any atom is 0.270 e. The molecule has 3 aromatic rings. The van der Waals surface area contributed by atoms with Crippen LogP contribution in [0.4, 0.5) is 5.69 Å². The minimum Gasteiger partial charge on any atom is -0.495 e. The van der Waals surface area contributed by atoms with Crippen molar-refractivity contribution in [2.45, 2.75) is 6.61 Å². The molecule has 11 heteroatoms. The molecule has 0 unspecified atom stereocenters. The molecule has 186 valence electrons. The number of carbonyl (C=O) groups excluding carboxylic acids is 1. The zero-order valence-electron chi connectivity index (χ0n) is 18.8. The summed E-state index contributed by atoms with van der Waals surface area (Å²) in [5, 5.41) is 1.44. The molecule has 1 aliphatic heterocycles. The predicted molar refractivity (Wildman–Crippen MR) is 155 cm³/mol. The first-order chi connectivity index (χ1) is 17.2. The standard InChI is InChI=1S/C25H17BrCl3NO4S2/c1-32-20-6-5-16(11-19(20)29)30-24(31)22(36-25(30)35)9-13-7-17(26)23(21(8-13)33-2)34-12-14-3-4-15(27)10-18(14)28/h3-11H,12H2,1-2H3/b22-9+. The number of nitrogens with zero attached hydrogens (tertiary/aromatic N) is 1. The van der Waals surface area contributed by atoms with Gasteiger partial charge in [0.15, 0.2) is 15.8 Å². The molecule has 4 rings (SSSR count). The van der Waals surface area contributed by atoms with E-state index in [9.17, 15) is 4.79 Å². The number of thioether (sulfide) groups is 1. The number of carbonyl (C=O) groups is 1. The average molecular weight is 646 g/mol. The number of hydrogen-bond acceptors (Lipinski definition) is 6. The number of ether oxygens (including phenoxy) is 3. The second-order valence-electron chi connectivity index (χ2n) is 7.39. The van der Waals surface area contributed by atoms with Crippen molar-refractivity contribution in [3.63, 3.8) is 0 Å². The van der Waals surface area contributed by atoms with Crippen molar-refractivity contribution < 1.29 is 19.0 Å². The van der Waals surface area contributed by atoms with E-state index in [0.717, 1.165) is 11.1 Å². The molecule has 0 bridgehead atoms. The van der Waals surface area contributed by atoms with Crippen LogP contribution in [0.3, 0.4) is 0 Å². The number of rotatable bonds is 7. The van der Waals surface area contributed by atoms with Crippen molar-refractivity contribution in [3.8, 4) is 17.2 Å². The number of thiocarbonyl (C=S) groups is 1. The fraction of sp³-hybridized carbons (Fsp3) is 0.120. The molecule has 36 heavy (non-hydrogen) atoms. The molecular weight excluding hydrogens is 629 g/mol. The van der Waals surface area contributed by atoms with Gasteiger partial charge in [0.25, 0.3) is 5.91 Å². The minimum atomic E-state index is -0.251. The van der Waals surface area contributed by atoms with Crippen LogP contribution >= 0.6 is 74.7 Å². The Morgan fingerprint density at radius 3 is 2.42 bits per heavy atom. The first kappa shape index (κ1) is 27.1. The molecule has 1 fully saturated rings. The molecular formula is C25H17BrCl3NO4S2. The Balaban J connectivity index is 1.58. The van der Waals surface area contributed by atoms with Crippen LogP contribution in [0.2, 0.25) is 15.1 Å². The summed E-state index contributed by atoms with van der Waals surface area (Å²) in [6.07, 6.45) is 1.75. The third-order valence-electron chi connectivity index (χ3n) is 5.12. The molecule has 0 spiro atoms. The lowest BCUT2D eigenvalue weighted by molar-refractivity contribution is -0.113. The summed E-state index contributed by atoms with van der Waals surface area (Å²) in [7, 11) is 3.07. The molecule has 0 radical (unpaired) electrons. The molecule has 0 atom stereocenters. The number of hydrogen-bond donors (Lipinski definition) is 0. The number of halogens is 4. The highest BCUT2D eigenvalue weighted by molar-refractivity contribution is 9.10. The maximum absolute atomic E-state index is 13.2. The summed E-state index contributed by atoms with van der Waals surface area (Å²) in [5.74, 6) is 1.25. The van der Waals surface area contributed by atoms with Crippen LogP contribution in [0, 0.1) is 0 Å². The van der Waals surface area contributed by atoms with E-state index in [4.69, 9.17) is 61.2 Å². The average Bonchev–Trinajstić information content (AvgIpc) is 3.11. The monoisotopic (exact) mass is 643 g/mol. The van der Waals surface area contributed by atoms with Crippen LogP contribution in [0.5, 0.6) is 17.2 Å². The molecule has 1 heterocycles. The molecule has 0 aliphatic carbocycles. The third kappa shape index (κ3) is 5.79. The molecule has 1 amide bonds. The number of methoxy groups -OCH3 is 2. The van der Waals surface area contributed by atoms with Crippen LogP contribution in [0.25, 0.3) is 6.08 Å². The Morgan fingerprint density at radius 2 is 1.75 bits per heavy atom. The fourth-order valence-electron chi connectivity index (χ4n) is 3.39. The largest absolute Gasteiger partial charge is 0.495 e. The Labute approximate surface area is 241 Å². The van der Waals surface area contributed by atoms with Crippen LogP contribution in [-0.2, 0) is 11.4 Å². The molecule has 0 aromatic heterocycles. The predicted octanol–water partition coefficient (Wildman–Crippen LogP) is 8.41. The summed E-state index contributed by atoms with van der Waals surface area (Å²) >= 11 is 28.7. The summed E-state index contributed by atoms with van der Waals surface area (Å²) in [6, 6.07) is 13.9. The lowest BCUT2D eigenvalue weighted by Gasteiger charge is -2.16. The fourth-order valence-corrected chi connectivity index (χ4v) is 5.98. The van der Waals surface area contributed by atoms with Crippen molar-refractivity contribution in [1.82, 2.24) is 0 Å². The SMILES string of the molecule is COc1ccc(N2C(=O)/C(=C\c3cc(Br)c(OCc4ccc(Cl)cc4Cl)c(OC)c3)SC2=S)cc1Cl. The normalized spacial score (nSPS) is 14.5. The number of amides is 1. The lowest BCUT2D eigenvalue weighted by Crippen LogP contribution is -2.27. The van der Waals surface area contributed by atoms with Gasteiger partial charge in [-0.25, -0.2) is 0 Å². The van der Waals surface area contributed by atoms with Gasteiger partial charge in [-0.3, -0.25) is 9.69 Å². The first-order valence-corrected chi connectivity index (χ1v) is 13.4. The first-order valence-electron chi connectivity index (χ1n) is 10.3. The van der Waals surface area contributed by atoms with Gasteiger partial charge in [-0.05, 0) is 70.0 Å². The van der Waals surface area contributed by atoms with Gasteiger partial charge in [-0.15, -0.1) is 0 Å². The topological polar surface area (TPSA) is 48.0 Å². The van der Waals surface area contributed by atoms with Crippen LogP contribution in [0.1, 0.15) is 11.1 Å². The summed E-state index contributed by atoms with van der Waals surface area (Å²) in [5.41, 5.74) is 2.07. The van der Waals surface area contributed by atoms with Crippen LogP contribution in [-0.4, -0.2) is 24.4 Å². The highest BCUT2D eigenvalue weighted by atomic mass is 79.9. The molecule has 0 saturated carbocycles. The molecule has 1 saturated heterocycles. The molecule has 1 aliphatic rings. The highest BCUT2D eigenvalue weighted by Gasteiger charge is 2.33. The van der Waals surface area contributed by atoms with Crippen LogP contribution < -0.4 is 19.1 Å². The van der Waals surface area contributed by atoms with Gasteiger partial charge in [-0.1, -0.05) is 64.8 Å². The van der Waals surface area contributed by atoms with Gasteiger partial charge in [0, 0.05) is 15.6 Å². The van der Waals surface area contributed by atoms with E-state index in [-0.39, 0.29) is 12.5 Å². The van der Waals surface area contributed by atoms with E-state index in [1.807, 2.05) is 6.07 Å². The van der Waals surface area contributed by atoms with Gasteiger partial charge < -0.3 is 14.2 Å². The van der Waals surface area contributed by atoms with E-state index in [1.165, 1.54) is 23.8 Å². The number of anilines is 1.